The number of hydrogen-bond donors (Lipinski definition) is 0. The molecular weight excluding hydrogens is 360 g/mol. The second-order valence-corrected chi connectivity index (χ2v) is 7.55. The minimum Gasteiger partial charge on any atom is -0.456 e. The van der Waals surface area contributed by atoms with E-state index in [2.05, 4.69) is 68.1 Å². The summed E-state index contributed by atoms with van der Waals surface area (Å²) in [7, 11) is 0. The van der Waals surface area contributed by atoms with E-state index in [0.29, 0.717) is 13.0 Å². The van der Waals surface area contributed by atoms with Crippen molar-refractivity contribution in [1.29, 1.82) is 0 Å². The lowest BCUT2D eigenvalue weighted by Crippen LogP contribution is -2.34. The molecule has 0 radical (unpaired) electrons. The van der Waals surface area contributed by atoms with E-state index >= 15 is 0 Å². The molecule has 3 heteroatoms. The summed E-state index contributed by atoms with van der Waals surface area (Å²) < 4.78 is 11.8. The molecule has 0 aromatic heterocycles. The Hall–Kier alpha value is -2.65. The predicted octanol–water partition coefficient (Wildman–Crippen LogP) is 6.75. The minimum absolute atomic E-state index is 0.0348. The molecule has 0 amide bonds. The number of hydrogen-bond acceptors (Lipinski definition) is 3. The van der Waals surface area contributed by atoms with Crippen molar-refractivity contribution in [3.8, 4) is 0 Å². The van der Waals surface area contributed by atoms with Gasteiger partial charge in [0.1, 0.15) is 5.60 Å². The first-order chi connectivity index (χ1) is 14.0. The lowest BCUT2D eigenvalue weighted by molar-refractivity contribution is -0.157. The zero-order valence-corrected chi connectivity index (χ0v) is 17.6. The lowest BCUT2D eigenvalue weighted by atomic mass is 9.93. The molecule has 0 saturated carbocycles. The second-order valence-electron chi connectivity index (χ2n) is 7.55. The maximum Gasteiger partial charge on any atom is 0.330 e. The van der Waals surface area contributed by atoms with Gasteiger partial charge in [0.2, 0.25) is 0 Å². The van der Waals surface area contributed by atoms with Crippen LogP contribution in [-0.4, -0.2) is 18.2 Å². The van der Waals surface area contributed by atoms with Crippen LogP contribution in [0.2, 0.25) is 0 Å². The van der Waals surface area contributed by atoms with Gasteiger partial charge in [-0.2, -0.15) is 0 Å². The smallest absolute Gasteiger partial charge is 0.330 e. The highest BCUT2D eigenvalue weighted by Crippen LogP contribution is 2.30. The van der Waals surface area contributed by atoms with Crippen LogP contribution in [0.5, 0.6) is 0 Å². The molecule has 152 valence electrons. The first-order valence-corrected chi connectivity index (χ1v) is 10.4. The van der Waals surface area contributed by atoms with Gasteiger partial charge in [-0.15, -0.1) is 0 Å². The number of carbonyl (C=O) groups excluding carboxylic acids is 1. The van der Waals surface area contributed by atoms with Crippen molar-refractivity contribution in [2.45, 2.75) is 51.7 Å². The zero-order valence-electron chi connectivity index (χ0n) is 17.6. The average molecular weight is 391 g/mol. The van der Waals surface area contributed by atoms with Gasteiger partial charge in [-0.25, -0.2) is 4.79 Å². The van der Waals surface area contributed by atoms with E-state index in [0.717, 1.165) is 18.4 Å². The molecule has 3 aromatic rings. The Balaban J connectivity index is 1.71. The molecule has 0 aliphatic heterocycles. The van der Waals surface area contributed by atoms with Crippen LogP contribution in [-0.2, 0) is 14.3 Å². The van der Waals surface area contributed by atoms with E-state index in [4.69, 9.17) is 9.47 Å². The molecule has 29 heavy (non-hydrogen) atoms. The van der Waals surface area contributed by atoms with Crippen molar-refractivity contribution in [3.63, 3.8) is 0 Å². The molecule has 0 bridgehead atoms. The number of fused-ring (bicyclic) bond motifs is 3. The van der Waals surface area contributed by atoms with E-state index in [1.54, 1.807) is 0 Å². The molecule has 0 spiro atoms. The molecule has 0 fully saturated rings. The van der Waals surface area contributed by atoms with Crippen molar-refractivity contribution >= 4 is 27.5 Å². The van der Waals surface area contributed by atoms with Crippen molar-refractivity contribution < 1.29 is 14.3 Å². The number of ether oxygens (including phenoxy) is 2. The van der Waals surface area contributed by atoms with Gasteiger partial charge in [-0.1, -0.05) is 69.0 Å². The largest absolute Gasteiger partial charge is 0.456 e. The third-order valence-electron chi connectivity index (χ3n) is 5.94. The topological polar surface area (TPSA) is 35.5 Å². The van der Waals surface area contributed by atoms with Gasteiger partial charge in [0.05, 0.1) is 12.7 Å². The average Bonchev–Trinajstić information content (AvgIpc) is 2.77. The molecule has 0 aliphatic carbocycles. The van der Waals surface area contributed by atoms with Crippen molar-refractivity contribution in [3.05, 3.63) is 72.8 Å². The van der Waals surface area contributed by atoms with E-state index in [-0.39, 0.29) is 12.1 Å². The van der Waals surface area contributed by atoms with Crippen molar-refractivity contribution in [2.24, 2.45) is 0 Å². The summed E-state index contributed by atoms with van der Waals surface area (Å²) in [6.45, 7) is 10.2. The molecule has 0 N–H and O–H groups in total. The molecule has 1 unspecified atom stereocenters. The highest BCUT2D eigenvalue weighted by Gasteiger charge is 2.30. The maximum atomic E-state index is 11.7. The van der Waals surface area contributed by atoms with Gasteiger partial charge >= 0.3 is 5.97 Å². The highest BCUT2D eigenvalue weighted by atomic mass is 16.6. The fraction of sp³-hybridized carbons (Fsp3) is 0.346. The molecule has 1 atom stereocenters. The quantitative estimate of drug-likeness (QED) is 0.230. The van der Waals surface area contributed by atoms with Gasteiger partial charge in [0.25, 0.3) is 0 Å². The van der Waals surface area contributed by atoms with Gasteiger partial charge in [-0.3, -0.25) is 0 Å². The maximum absolute atomic E-state index is 11.7. The Labute approximate surface area is 173 Å². The summed E-state index contributed by atoms with van der Waals surface area (Å²) in [5, 5.41) is 4.99. The summed E-state index contributed by atoms with van der Waals surface area (Å²) in [5.74, 6) is -0.372. The predicted molar refractivity (Wildman–Crippen MR) is 120 cm³/mol. The number of carbonyl (C=O) groups is 1. The monoisotopic (exact) mass is 390 g/mol. The second kappa shape index (κ2) is 9.23. The summed E-state index contributed by atoms with van der Waals surface area (Å²) in [4.78, 5) is 11.7. The fourth-order valence-corrected chi connectivity index (χ4v) is 3.86. The minimum atomic E-state index is -0.493. The Morgan fingerprint density at radius 1 is 1.03 bits per heavy atom. The van der Waals surface area contributed by atoms with Crippen LogP contribution in [0.3, 0.4) is 0 Å². The van der Waals surface area contributed by atoms with Gasteiger partial charge in [-0.05, 0) is 52.9 Å². The number of benzene rings is 3. The first-order valence-electron chi connectivity index (χ1n) is 10.4. The van der Waals surface area contributed by atoms with Crippen LogP contribution < -0.4 is 0 Å². The number of esters is 1. The fourth-order valence-electron chi connectivity index (χ4n) is 3.86. The summed E-state index contributed by atoms with van der Waals surface area (Å²) in [5.41, 5.74) is 0.655. The summed E-state index contributed by atoms with van der Waals surface area (Å²) in [6.07, 6.45) is 3.37. The summed E-state index contributed by atoms with van der Waals surface area (Å²) >= 11 is 0. The third kappa shape index (κ3) is 4.68. The van der Waals surface area contributed by atoms with E-state index in [9.17, 15) is 4.79 Å². The molecule has 3 aromatic carbocycles. The Bertz CT molecular complexity index is 1000. The molecule has 0 aliphatic rings. The van der Waals surface area contributed by atoms with Crippen LogP contribution >= 0.6 is 0 Å². The van der Waals surface area contributed by atoms with Crippen molar-refractivity contribution in [1.82, 2.24) is 0 Å². The van der Waals surface area contributed by atoms with Crippen molar-refractivity contribution in [2.75, 3.05) is 6.61 Å². The molecular formula is C26H30O3. The van der Waals surface area contributed by atoms with Crippen LogP contribution in [0.15, 0.2) is 67.3 Å². The number of rotatable bonds is 9. The standard InChI is InChI=1S/C26H30O3/c1-5-25(27)29-26(6-2,7-3)16-17-28-19(4)21-14-15-24-22(18-21)13-12-20-10-8-9-11-23(20)24/h5,8-15,18-19H,1,6-7,16-17H2,2-4H3. The third-order valence-corrected chi connectivity index (χ3v) is 5.94. The molecule has 0 heterocycles. The van der Waals surface area contributed by atoms with Gasteiger partial charge in [0.15, 0.2) is 0 Å². The molecule has 3 rings (SSSR count). The normalized spacial score (nSPS) is 12.8. The Morgan fingerprint density at radius 2 is 1.72 bits per heavy atom. The van der Waals surface area contributed by atoms with E-state index < -0.39 is 5.60 Å². The SMILES string of the molecule is C=CC(=O)OC(CC)(CC)CCOC(C)c1ccc2c(ccc3ccccc32)c1. The first kappa shape index (κ1) is 21.1. The lowest BCUT2D eigenvalue weighted by Gasteiger charge is -2.31. The van der Waals surface area contributed by atoms with E-state index in [1.807, 2.05) is 13.8 Å². The van der Waals surface area contributed by atoms with Gasteiger partial charge < -0.3 is 9.47 Å². The van der Waals surface area contributed by atoms with Crippen LogP contribution in [0.25, 0.3) is 21.5 Å². The van der Waals surface area contributed by atoms with Crippen LogP contribution in [0.4, 0.5) is 0 Å². The molecule has 3 nitrogen and oxygen atoms in total. The van der Waals surface area contributed by atoms with Crippen LogP contribution in [0, 0.1) is 0 Å². The van der Waals surface area contributed by atoms with Gasteiger partial charge in [0, 0.05) is 12.5 Å². The summed E-state index contributed by atoms with van der Waals surface area (Å²) in [6, 6.07) is 19.3. The zero-order chi connectivity index (χ0) is 20.9. The Kier molecular flexibility index (Phi) is 6.71. The van der Waals surface area contributed by atoms with Crippen LogP contribution in [0.1, 0.15) is 51.7 Å². The van der Waals surface area contributed by atoms with E-state index in [1.165, 1.54) is 27.6 Å². The highest BCUT2D eigenvalue weighted by molar-refractivity contribution is 6.07. The Morgan fingerprint density at radius 3 is 2.45 bits per heavy atom. The molecule has 0 saturated heterocycles.